The SMILES string of the molecule is CC(C)(C)OC(=O)N1CCC(NC(=O)N2CCOCC2)CC1. The Bertz CT molecular complexity index is 394. The quantitative estimate of drug-likeness (QED) is 0.795. The van der Waals surface area contributed by atoms with Crippen molar-refractivity contribution in [3.63, 3.8) is 0 Å². The van der Waals surface area contributed by atoms with Gasteiger partial charge in [-0.15, -0.1) is 0 Å². The third-order valence-corrected chi connectivity index (χ3v) is 3.77. The molecule has 2 aliphatic rings. The molecule has 2 rings (SSSR count). The van der Waals surface area contributed by atoms with Crippen LogP contribution in [0.1, 0.15) is 33.6 Å². The molecular weight excluding hydrogens is 286 g/mol. The summed E-state index contributed by atoms with van der Waals surface area (Å²) in [6.07, 6.45) is 1.25. The number of carbonyl (C=O) groups is 2. The van der Waals surface area contributed by atoms with Crippen molar-refractivity contribution in [2.75, 3.05) is 39.4 Å². The lowest BCUT2D eigenvalue weighted by Crippen LogP contribution is -2.52. The van der Waals surface area contributed by atoms with Crippen LogP contribution in [0.5, 0.6) is 0 Å². The van der Waals surface area contributed by atoms with Gasteiger partial charge in [0.05, 0.1) is 13.2 Å². The highest BCUT2D eigenvalue weighted by atomic mass is 16.6. The molecule has 0 aromatic carbocycles. The molecule has 22 heavy (non-hydrogen) atoms. The minimum Gasteiger partial charge on any atom is -0.444 e. The van der Waals surface area contributed by atoms with Crippen molar-refractivity contribution in [2.24, 2.45) is 0 Å². The van der Waals surface area contributed by atoms with E-state index in [4.69, 9.17) is 9.47 Å². The van der Waals surface area contributed by atoms with Crippen LogP contribution in [0, 0.1) is 0 Å². The molecule has 0 atom stereocenters. The van der Waals surface area contributed by atoms with Gasteiger partial charge in [-0.3, -0.25) is 0 Å². The molecule has 7 nitrogen and oxygen atoms in total. The number of likely N-dealkylation sites (tertiary alicyclic amines) is 1. The predicted octanol–water partition coefficient (Wildman–Crippen LogP) is 1.43. The zero-order chi connectivity index (χ0) is 16.2. The molecule has 2 aliphatic heterocycles. The predicted molar refractivity (Wildman–Crippen MR) is 81.8 cm³/mol. The average molecular weight is 313 g/mol. The summed E-state index contributed by atoms with van der Waals surface area (Å²) in [6.45, 7) is 9.30. The first-order valence-corrected chi connectivity index (χ1v) is 7.96. The van der Waals surface area contributed by atoms with Crippen molar-refractivity contribution in [1.82, 2.24) is 15.1 Å². The molecule has 1 N–H and O–H groups in total. The minimum atomic E-state index is -0.474. The Balaban J connectivity index is 1.72. The molecular formula is C15H27N3O4. The second-order valence-electron chi connectivity index (χ2n) is 6.79. The first-order valence-electron chi connectivity index (χ1n) is 7.96. The lowest BCUT2D eigenvalue weighted by Gasteiger charge is -2.35. The highest BCUT2D eigenvalue weighted by Crippen LogP contribution is 2.15. The number of nitrogens with zero attached hydrogens (tertiary/aromatic N) is 2. The van der Waals surface area contributed by atoms with Gasteiger partial charge in [-0.25, -0.2) is 9.59 Å². The number of hydrogen-bond donors (Lipinski definition) is 1. The second-order valence-corrected chi connectivity index (χ2v) is 6.79. The van der Waals surface area contributed by atoms with E-state index in [0.717, 1.165) is 12.8 Å². The molecule has 2 saturated heterocycles. The number of carbonyl (C=O) groups excluding carboxylic acids is 2. The van der Waals surface area contributed by atoms with Crippen molar-refractivity contribution in [3.8, 4) is 0 Å². The molecule has 0 spiro atoms. The normalized spacial score (nSPS) is 20.7. The second kappa shape index (κ2) is 7.17. The molecule has 0 unspecified atom stereocenters. The maximum atomic E-state index is 12.1. The molecule has 126 valence electrons. The Morgan fingerprint density at radius 2 is 1.64 bits per heavy atom. The van der Waals surface area contributed by atoms with E-state index in [-0.39, 0.29) is 18.2 Å². The summed E-state index contributed by atoms with van der Waals surface area (Å²) in [4.78, 5) is 27.6. The van der Waals surface area contributed by atoms with E-state index in [1.54, 1.807) is 9.80 Å². The van der Waals surface area contributed by atoms with Gasteiger partial charge in [0.2, 0.25) is 0 Å². The van der Waals surface area contributed by atoms with Gasteiger partial charge in [0.1, 0.15) is 5.60 Å². The van der Waals surface area contributed by atoms with Gasteiger partial charge in [-0.1, -0.05) is 0 Å². The Kier molecular flexibility index (Phi) is 5.50. The monoisotopic (exact) mass is 313 g/mol. The first kappa shape index (κ1) is 16.9. The van der Waals surface area contributed by atoms with Crippen molar-refractivity contribution in [3.05, 3.63) is 0 Å². The number of urea groups is 1. The number of rotatable bonds is 1. The number of nitrogens with one attached hydrogen (secondary N) is 1. The lowest BCUT2D eigenvalue weighted by molar-refractivity contribution is 0.0196. The standard InChI is InChI=1S/C15H27N3O4/c1-15(2,3)22-14(20)18-6-4-12(5-7-18)16-13(19)17-8-10-21-11-9-17/h12H,4-11H2,1-3H3,(H,16,19). The van der Waals surface area contributed by atoms with Crippen LogP contribution in [0.15, 0.2) is 0 Å². The molecule has 2 fully saturated rings. The molecule has 0 aromatic heterocycles. The van der Waals surface area contributed by atoms with Gasteiger partial charge in [-0.05, 0) is 33.6 Å². The maximum Gasteiger partial charge on any atom is 0.410 e. The van der Waals surface area contributed by atoms with Crippen molar-refractivity contribution >= 4 is 12.1 Å². The van der Waals surface area contributed by atoms with Crippen LogP contribution in [-0.2, 0) is 9.47 Å². The highest BCUT2D eigenvalue weighted by molar-refractivity contribution is 5.74. The summed E-state index contributed by atoms with van der Waals surface area (Å²) in [7, 11) is 0. The summed E-state index contributed by atoms with van der Waals surface area (Å²) in [5.41, 5.74) is -0.474. The van der Waals surface area contributed by atoms with E-state index < -0.39 is 5.60 Å². The van der Waals surface area contributed by atoms with E-state index in [2.05, 4.69) is 5.32 Å². The van der Waals surface area contributed by atoms with Gasteiger partial charge in [0, 0.05) is 32.2 Å². The van der Waals surface area contributed by atoms with Crippen LogP contribution < -0.4 is 5.32 Å². The van der Waals surface area contributed by atoms with Crippen LogP contribution in [0.25, 0.3) is 0 Å². The van der Waals surface area contributed by atoms with Crippen LogP contribution in [-0.4, -0.2) is 73.0 Å². The fraction of sp³-hybridized carbons (Fsp3) is 0.867. The minimum absolute atomic E-state index is 0.0287. The van der Waals surface area contributed by atoms with Gasteiger partial charge in [-0.2, -0.15) is 0 Å². The van der Waals surface area contributed by atoms with Crippen molar-refractivity contribution < 1.29 is 19.1 Å². The summed E-state index contributed by atoms with van der Waals surface area (Å²) in [5.74, 6) is 0. The summed E-state index contributed by atoms with van der Waals surface area (Å²) >= 11 is 0. The summed E-state index contributed by atoms with van der Waals surface area (Å²) < 4.78 is 10.6. The van der Waals surface area contributed by atoms with Crippen molar-refractivity contribution in [2.45, 2.75) is 45.3 Å². The molecule has 0 radical (unpaired) electrons. The van der Waals surface area contributed by atoms with Gasteiger partial charge < -0.3 is 24.6 Å². The third-order valence-electron chi connectivity index (χ3n) is 3.77. The molecule has 0 aromatic rings. The fourth-order valence-corrected chi connectivity index (χ4v) is 2.57. The molecule has 0 bridgehead atoms. The highest BCUT2D eigenvalue weighted by Gasteiger charge is 2.28. The van der Waals surface area contributed by atoms with Crippen LogP contribution >= 0.6 is 0 Å². The van der Waals surface area contributed by atoms with Gasteiger partial charge >= 0.3 is 12.1 Å². The number of amides is 3. The summed E-state index contributed by atoms with van der Waals surface area (Å²) in [6, 6.07) is 0.0908. The van der Waals surface area contributed by atoms with Crippen molar-refractivity contribution in [1.29, 1.82) is 0 Å². The zero-order valence-electron chi connectivity index (χ0n) is 13.8. The Labute approximate surface area is 131 Å². The van der Waals surface area contributed by atoms with E-state index >= 15 is 0 Å². The van der Waals surface area contributed by atoms with Gasteiger partial charge in [0.15, 0.2) is 0 Å². The topological polar surface area (TPSA) is 71.1 Å². The smallest absolute Gasteiger partial charge is 0.410 e. The van der Waals surface area contributed by atoms with Gasteiger partial charge in [0.25, 0.3) is 0 Å². The number of hydrogen-bond acceptors (Lipinski definition) is 4. The first-order chi connectivity index (χ1) is 10.3. The van der Waals surface area contributed by atoms with Crippen LogP contribution in [0.2, 0.25) is 0 Å². The number of ether oxygens (including phenoxy) is 2. The maximum absolute atomic E-state index is 12.1. The fourth-order valence-electron chi connectivity index (χ4n) is 2.57. The largest absolute Gasteiger partial charge is 0.444 e. The van der Waals surface area contributed by atoms with E-state index in [9.17, 15) is 9.59 Å². The molecule has 3 amide bonds. The number of piperidine rings is 1. The third kappa shape index (κ3) is 5.05. The van der Waals surface area contributed by atoms with E-state index in [1.807, 2.05) is 20.8 Å². The Morgan fingerprint density at radius 1 is 1.05 bits per heavy atom. The lowest BCUT2D eigenvalue weighted by atomic mass is 10.1. The summed E-state index contributed by atoms with van der Waals surface area (Å²) in [5, 5.41) is 3.05. The zero-order valence-corrected chi connectivity index (χ0v) is 13.8. The Morgan fingerprint density at radius 3 is 2.18 bits per heavy atom. The molecule has 2 heterocycles. The van der Waals surface area contributed by atoms with Crippen LogP contribution in [0.3, 0.4) is 0 Å². The average Bonchev–Trinajstić information content (AvgIpc) is 2.47. The molecule has 7 heteroatoms. The van der Waals surface area contributed by atoms with Crippen LogP contribution in [0.4, 0.5) is 9.59 Å². The Hall–Kier alpha value is -1.50. The van der Waals surface area contributed by atoms with E-state index in [0.29, 0.717) is 39.4 Å². The van der Waals surface area contributed by atoms with E-state index in [1.165, 1.54) is 0 Å². The molecule has 0 aliphatic carbocycles. The number of morpholine rings is 1. The molecule has 0 saturated carbocycles.